The molecule has 0 atom stereocenters. The average Bonchev–Trinajstić information content (AvgIpc) is 2.73. The minimum absolute atomic E-state index is 0.158. The van der Waals surface area contributed by atoms with Crippen LogP contribution in [0.5, 0.6) is 0 Å². The van der Waals surface area contributed by atoms with Gasteiger partial charge in [0.15, 0.2) is 0 Å². The predicted octanol–water partition coefficient (Wildman–Crippen LogP) is 3.08. The maximum atomic E-state index is 13.2. The third-order valence-corrected chi connectivity index (χ3v) is 4.90. The van der Waals surface area contributed by atoms with Crippen LogP contribution >= 0.6 is 11.3 Å². The van der Waals surface area contributed by atoms with E-state index in [-0.39, 0.29) is 11.2 Å². The number of rotatable bonds is 1. The molecule has 0 radical (unpaired) electrons. The highest BCUT2D eigenvalue weighted by Gasteiger charge is 2.31. The molecule has 1 aliphatic heterocycles. The molecular formula is C13H15FN2S. The van der Waals surface area contributed by atoms with E-state index in [4.69, 9.17) is 0 Å². The van der Waals surface area contributed by atoms with E-state index in [1.165, 1.54) is 6.07 Å². The summed E-state index contributed by atoms with van der Waals surface area (Å²) >= 11 is 1.64. The van der Waals surface area contributed by atoms with Crippen LogP contribution in [0.1, 0.15) is 24.8 Å². The molecule has 1 N–H and O–H groups in total. The molecule has 0 amide bonds. The number of hydrogen-bond donors (Lipinski definition) is 1. The molecule has 17 heavy (non-hydrogen) atoms. The quantitative estimate of drug-likeness (QED) is 0.841. The number of nitrogens with zero attached hydrogens (tertiary/aromatic N) is 1. The van der Waals surface area contributed by atoms with E-state index in [1.807, 2.05) is 0 Å². The second kappa shape index (κ2) is 4.03. The molecule has 0 bridgehead atoms. The van der Waals surface area contributed by atoms with Gasteiger partial charge in [-0.2, -0.15) is 0 Å². The normalized spacial score (nSPS) is 19.6. The van der Waals surface area contributed by atoms with E-state index < -0.39 is 0 Å². The smallest absolute Gasteiger partial charge is 0.124 e. The molecule has 0 unspecified atom stereocenters. The number of aromatic nitrogens is 1. The third kappa shape index (κ3) is 1.96. The number of piperidine rings is 1. The number of benzene rings is 1. The van der Waals surface area contributed by atoms with Gasteiger partial charge in [-0.3, -0.25) is 0 Å². The van der Waals surface area contributed by atoms with Crippen molar-refractivity contribution in [3.63, 3.8) is 0 Å². The van der Waals surface area contributed by atoms with Crippen LogP contribution in [0.2, 0.25) is 0 Å². The van der Waals surface area contributed by atoms with Gasteiger partial charge in [-0.05, 0) is 44.1 Å². The van der Waals surface area contributed by atoms with Crippen molar-refractivity contribution in [1.82, 2.24) is 10.3 Å². The van der Waals surface area contributed by atoms with Crippen LogP contribution in [0.25, 0.3) is 10.2 Å². The van der Waals surface area contributed by atoms with Crippen molar-refractivity contribution in [2.75, 3.05) is 13.1 Å². The van der Waals surface area contributed by atoms with Crippen LogP contribution in [0, 0.1) is 5.82 Å². The number of fused-ring (bicyclic) bond motifs is 1. The van der Waals surface area contributed by atoms with Crippen molar-refractivity contribution in [2.45, 2.75) is 25.2 Å². The molecule has 0 spiro atoms. The van der Waals surface area contributed by atoms with E-state index in [0.29, 0.717) is 0 Å². The standard InChI is InChI=1S/C13H15FN2S/c1-13(4-6-15-7-5-13)12-16-10-3-2-9(14)8-11(10)17-12/h2-3,8,15H,4-7H2,1H3. The predicted molar refractivity (Wildman–Crippen MR) is 69.0 cm³/mol. The van der Waals surface area contributed by atoms with E-state index in [1.54, 1.807) is 23.5 Å². The van der Waals surface area contributed by atoms with Gasteiger partial charge in [0.05, 0.1) is 15.2 Å². The van der Waals surface area contributed by atoms with E-state index >= 15 is 0 Å². The first kappa shape index (κ1) is 11.1. The van der Waals surface area contributed by atoms with Gasteiger partial charge in [0.1, 0.15) is 5.82 Å². The monoisotopic (exact) mass is 250 g/mol. The summed E-state index contributed by atoms with van der Waals surface area (Å²) in [4.78, 5) is 4.67. The van der Waals surface area contributed by atoms with Crippen molar-refractivity contribution in [2.24, 2.45) is 0 Å². The Kier molecular flexibility index (Phi) is 2.64. The summed E-state index contributed by atoms with van der Waals surface area (Å²) < 4.78 is 14.1. The van der Waals surface area contributed by atoms with Gasteiger partial charge in [-0.1, -0.05) is 6.92 Å². The SMILES string of the molecule is CC1(c2nc3ccc(F)cc3s2)CCNCC1. The minimum Gasteiger partial charge on any atom is -0.317 e. The Morgan fingerprint density at radius 2 is 2.12 bits per heavy atom. The van der Waals surface area contributed by atoms with Gasteiger partial charge >= 0.3 is 0 Å². The molecule has 2 nitrogen and oxygen atoms in total. The third-order valence-electron chi connectivity index (χ3n) is 3.57. The topological polar surface area (TPSA) is 24.9 Å². The number of hydrogen-bond acceptors (Lipinski definition) is 3. The molecular weight excluding hydrogens is 235 g/mol. The summed E-state index contributed by atoms with van der Waals surface area (Å²) in [5, 5.41) is 4.52. The lowest BCUT2D eigenvalue weighted by Crippen LogP contribution is -2.37. The van der Waals surface area contributed by atoms with Crippen LogP contribution in [0.15, 0.2) is 18.2 Å². The van der Waals surface area contributed by atoms with Crippen molar-refractivity contribution in [1.29, 1.82) is 0 Å². The number of halogens is 1. The van der Waals surface area contributed by atoms with Gasteiger partial charge in [-0.15, -0.1) is 11.3 Å². The lowest BCUT2D eigenvalue weighted by atomic mass is 9.82. The lowest BCUT2D eigenvalue weighted by molar-refractivity contribution is 0.334. The Morgan fingerprint density at radius 1 is 1.35 bits per heavy atom. The Morgan fingerprint density at radius 3 is 2.88 bits per heavy atom. The van der Waals surface area contributed by atoms with Crippen LogP contribution < -0.4 is 5.32 Å². The Hall–Kier alpha value is -1.00. The number of nitrogens with one attached hydrogen (secondary N) is 1. The Bertz CT molecular complexity index is 543. The molecule has 0 saturated carbocycles. The average molecular weight is 250 g/mol. The van der Waals surface area contributed by atoms with Crippen molar-refractivity contribution >= 4 is 21.6 Å². The Balaban J connectivity index is 2.05. The second-order valence-corrected chi connectivity index (χ2v) is 5.97. The van der Waals surface area contributed by atoms with Gasteiger partial charge in [0, 0.05) is 5.41 Å². The van der Waals surface area contributed by atoms with Gasteiger partial charge in [0.2, 0.25) is 0 Å². The molecule has 90 valence electrons. The summed E-state index contributed by atoms with van der Waals surface area (Å²) in [6.07, 6.45) is 2.21. The number of thiazole rings is 1. The van der Waals surface area contributed by atoms with E-state index in [9.17, 15) is 4.39 Å². The fourth-order valence-electron chi connectivity index (χ4n) is 2.35. The largest absolute Gasteiger partial charge is 0.317 e. The van der Waals surface area contributed by atoms with Gasteiger partial charge < -0.3 is 5.32 Å². The van der Waals surface area contributed by atoms with Crippen molar-refractivity contribution < 1.29 is 4.39 Å². The van der Waals surface area contributed by atoms with Crippen LogP contribution in [-0.2, 0) is 5.41 Å². The molecule has 0 aliphatic carbocycles. The minimum atomic E-state index is -0.178. The van der Waals surface area contributed by atoms with Crippen LogP contribution in [0.4, 0.5) is 4.39 Å². The first-order valence-corrected chi connectivity index (χ1v) is 6.76. The molecule has 1 saturated heterocycles. The van der Waals surface area contributed by atoms with Crippen molar-refractivity contribution in [3.05, 3.63) is 29.0 Å². The lowest BCUT2D eigenvalue weighted by Gasteiger charge is -2.31. The van der Waals surface area contributed by atoms with E-state index in [2.05, 4.69) is 17.2 Å². The Labute approximate surface area is 104 Å². The fourth-order valence-corrected chi connectivity index (χ4v) is 3.54. The second-order valence-electron chi connectivity index (χ2n) is 4.94. The first-order valence-electron chi connectivity index (χ1n) is 5.95. The van der Waals surface area contributed by atoms with Crippen molar-refractivity contribution in [3.8, 4) is 0 Å². The summed E-state index contributed by atoms with van der Waals surface area (Å²) in [7, 11) is 0. The van der Waals surface area contributed by atoms with Crippen LogP contribution in [-0.4, -0.2) is 18.1 Å². The highest BCUT2D eigenvalue weighted by molar-refractivity contribution is 7.18. The molecule has 2 heterocycles. The molecule has 1 fully saturated rings. The molecule has 1 aromatic carbocycles. The molecule has 1 aliphatic rings. The highest BCUT2D eigenvalue weighted by Crippen LogP contribution is 2.37. The maximum Gasteiger partial charge on any atom is 0.124 e. The summed E-state index contributed by atoms with van der Waals surface area (Å²) in [6, 6.07) is 4.84. The highest BCUT2D eigenvalue weighted by atomic mass is 32.1. The summed E-state index contributed by atoms with van der Waals surface area (Å²) in [5.74, 6) is -0.178. The van der Waals surface area contributed by atoms with E-state index in [0.717, 1.165) is 41.2 Å². The van der Waals surface area contributed by atoms with Gasteiger partial charge in [0.25, 0.3) is 0 Å². The first-order chi connectivity index (χ1) is 8.17. The zero-order valence-electron chi connectivity index (χ0n) is 9.79. The zero-order chi connectivity index (χ0) is 11.9. The molecule has 1 aromatic heterocycles. The summed E-state index contributed by atoms with van der Waals surface area (Å²) in [6.45, 7) is 4.35. The zero-order valence-corrected chi connectivity index (χ0v) is 10.6. The van der Waals surface area contributed by atoms with Gasteiger partial charge in [-0.25, -0.2) is 9.37 Å². The molecule has 2 aromatic rings. The molecule has 3 rings (SSSR count). The molecule has 4 heteroatoms. The fraction of sp³-hybridized carbons (Fsp3) is 0.462. The summed E-state index contributed by atoms with van der Waals surface area (Å²) in [5.41, 5.74) is 1.08. The van der Waals surface area contributed by atoms with Crippen LogP contribution in [0.3, 0.4) is 0 Å². The maximum absolute atomic E-state index is 13.2.